The van der Waals surface area contributed by atoms with Crippen LogP contribution in [0.5, 0.6) is 0 Å². The fourth-order valence-corrected chi connectivity index (χ4v) is 1.26. The van der Waals surface area contributed by atoms with Crippen LogP contribution in [-0.4, -0.2) is 12.1 Å². The molecule has 0 aromatic rings. The van der Waals surface area contributed by atoms with Gasteiger partial charge in [0.2, 0.25) is 0 Å². The molecule has 14 heavy (non-hydrogen) atoms. The molecular formula is C12H22O2. The Kier molecular flexibility index (Phi) is 8.30. The summed E-state index contributed by atoms with van der Waals surface area (Å²) in [5.41, 5.74) is 0. The van der Waals surface area contributed by atoms with Crippen molar-refractivity contribution < 1.29 is 9.53 Å². The summed E-state index contributed by atoms with van der Waals surface area (Å²) in [5, 5.41) is 0. The molecule has 1 atom stereocenters. The van der Waals surface area contributed by atoms with E-state index in [1.54, 1.807) is 6.08 Å². The van der Waals surface area contributed by atoms with Crippen LogP contribution in [0, 0.1) is 0 Å². The average Bonchev–Trinajstić information content (AvgIpc) is 2.17. The minimum absolute atomic E-state index is 0.0863. The van der Waals surface area contributed by atoms with Crippen molar-refractivity contribution in [2.24, 2.45) is 0 Å². The van der Waals surface area contributed by atoms with Gasteiger partial charge in [-0.25, -0.2) is 0 Å². The van der Waals surface area contributed by atoms with Gasteiger partial charge < -0.3 is 4.74 Å². The summed E-state index contributed by atoms with van der Waals surface area (Å²) in [5.74, 6) is -0.0863. The van der Waals surface area contributed by atoms with Gasteiger partial charge in [-0.05, 0) is 12.8 Å². The van der Waals surface area contributed by atoms with Gasteiger partial charge in [0.1, 0.15) is 6.10 Å². The predicted molar refractivity (Wildman–Crippen MR) is 59.1 cm³/mol. The second kappa shape index (κ2) is 8.79. The Bertz CT molecular complexity index is 164. The van der Waals surface area contributed by atoms with Crippen LogP contribution in [-0.2, 0) is 9.53 Å². The van der Waals surface area contributed by atoms with Crippen molar-refractivity contribution in [3.8, 4) is 0 Å². The van der Waals surface area contributed by atoms with E-state index in [0.29, 0.717) is 6.42 Å². The molecule has 2 nitrogen and oxygen atoms in total. The molecule has 0 heterocycles. The largest absolute Gasteiger partial charge is 0.458 e. The van der Waals surface area contributed by atoms with Gasteiger partial charge in [-0.3, -0.25) is 4.79 Å². The summed E-state index contributed by atoms with van der Waals surface area (Å²) in [6.45, 7) is 7.84. The van der Waals surface area contributed by atoms with Crippen LogP contribution in [0.1, 0.15) is 52.4 Å². The first-order valence-electron chi connectivity index (χ1n) is 5.56. The van der Waals surface area contributed by atoms with Gasteiger partial charge in [0.15, 0.2) is 0 Å². The molecule has 0 fully saturated rings. The van der Waals surface area contributed by atoms with Gasteiger partial charge in [-0.2, -0.15) is 0 Å². The number of hydrogen-bond donors (Lipinski definition) is 0. The third-order valence-electron chi connectivity index (χ3n) is 2.10. The van der Waals surface area contributed by atoms with Crippen molar-refractivity contribution in [3.63, 3.8) is 0 Å². The van der Waals surface area contributed by atoms with Crippen LogP contribution in [0.2, 0.25) is 0 Å². The zero-order chi connectivity index (χ0) is 10.8. The Labute approximate surface area is 87.3 Å². The topological polar surface area (TPSA) is 26.3 Å². The summed E-state index contributed by atoms with van der Waals surface area (Å²) in [6, 6.07) is 0. The quantitative estimate of drug-likeness (QED) is 0.339. The van der Waals surface area contributed by atoms with Crippen molar-refractivity contribution in [3.05, 3.63) is 12.7 Å². The number of carbonyl (C=O) groups is 1. The molecule has 0 aromatic heterocycles. The van der Waals surface area contributed by atoms with E-state index in [-0.39, 0.29) is 12.1 Å². The summed E-state index contributed by atoms with van der Waals surface area (Å²) in [6.07, 6.45) is 7.22. The van der Waals surface area contributed by atoms with E-state index in [9.17, 15) is 4.79 Å². The van der Waals surface area contributed by atoms with E-state index in [0.717, 1.165) is 32.1 Å². The Morgan fingerprint density at radius 2 is 2.07 bits per heavy atom. The normalized spacial score (nSPS) is 12.1. The highest BCUT2D eigenvalue weighted by atomic mass is 16.5. The molecule has 0 aliphatic carbocycles. The number of rotatable bonds is 8. The van der Waals surface area contributed by atoms with E-state index in [4.69, 9.17) is 4.74 Å². The maximum absolute atomic E-state index is 11.3. The van der Waals surface area contributed by atoms with E-state index in [1.165, 1.54) is 0 Å². The summed E-state index contributed by atoms with van der Waals surface area (Å²) in [4.78, 5) is 11.3. The van der Waals surface area contributed by atoms with Gasteiger partial charge in [0.05, 0.1) is 0 Å². The SMILES string of the molecule is C=CC(CCC)OC(=O)CCCCC. The van der Waals surface area contributed by atoms with Gasteiger partial charge in [0, 0.05) is 6.42 Å². The molecule has 1 unspecified atom stereocenters. The van der Waals surface area contributed by atoms with E-state index < -0.39 is 0 Å². The minimum atomic E-state index is -0.0888. The van der Waals surface area contributed by atoms with Crippen LogP contribution in [0.3, 0.4) is 0 Å². The van der Waals surface area contributed by atoms with Gasteiger partial charge in [-0.15, -0.1) is 0 Å². The fourth-order valence-electron chi connectivity index (χ4n) is 1.26. The van der Waals surface area contributed by atoms with Crippen LogP contribution < -0.4 is 0 Å². The van der Waals surface area contributed by atoms with Crippen LogP contribution in [0.15, 0.2) is 12.7 Å². The maximum Gasteiger partial charge on any atom is 0.306 e. The summed E-state index contributed by atoms with van der Waals surface area (Å²) < 4.78 is 5.23. The molecule has 0 N–H and O–H groups in total. The molecule has 0 spiro atoms. The highest BCUT2D eigenvalue weighted by Gasteiger charge is 2.09. The standard InChI is InChI=1S/C12H22O2/c1-4-7-8-10-12(13)14-11(6-3)9-5-2/h6,11H,3-5,7-10H2,1-2H3. The van der Waals surface area contributed by atoms with Crippen molar-refractivity contribution in [2.75, 3.05) is 0 Å². The number of unbranched alkanes of at least 4 members (excludes halogenated alkanes) is 2. The lowest BCUT2D eigenvalue weighted by molar-refractivity contribution is -0.147. The van der Waals surface area contributed by atoms with Crippen LogP contribution in [0.4, 0.5) is 0 Å². The molecule has 0 amide bonds. The van der Waals surface area contributed by atoms with Crippen molar-refractivity contribution in [1.82, 2.24) is 0 Å². The Morgan fingerprint density at radius 3 is 2.57 bits per heavy atom. The number of esters is 1. The first kappa shape index (κ1) is 13.2. The smallest absolute Gasteiger partial charge is 0.306 e. The molecule has 0 radical (unpaired) electrons. The predicted octanol–water partition coefficient (Wildman–Crippen LogP) is 3.46. The molecule has 0 aliphatic heterocycles. The lowest BCUT2D eigenvalue weighted by Crippen LogP contribution is -2.15. The molecule has 0 saturated carbocycles. The molecule has 0 aliphatic rings. The number of ether oxygens (including phenoxy) is 1. The van der Waals surface area contributed by atoms with Gasteiger partial charge >= 0.3 is 5.97 Å². The number of hydrogen-bond acceptors (Lipinski definition) is 2. The molecule has 0 aromatic carbocycles. The highest BCUT2D eigenvalue weighted by Crippen LogP contribution is 2.07. The van der Waals surface area contributed by atoms with Crippen molar-refractivity contribution >= 4 is 5.97 Å². The molecule has 2 heteroatoms. The zero-order valence-electron chi connectivity index (χ0n) is 9.42. The second-order valence-corrected chi connectivity index (χ2v) is 3.51. The second-order valence-electron chi connectivity index (χ2n) is 3.51. The van der Waals surface area contributed by atoms with Gasteiger partial charge in [-0.1, -0.05) is 45.8 Å². The lowest BCUT2D eigenvalue weighted by atomic mass is 10.2. The number of carbonyl (C=O) groups excluding carboxylic acids is 1. The first-order chi connectivity index (χ1) is 6.74. The Morgan fingerprint density at radius 1 is 1.36 bits per heavy atom. The summed E-state index contributed by atoms with van der Waals surface area (Å²) in [7, 11) is 0. The minimum Gasteiger partial charge on any atom is -0.458 e. The zero-order valence-corrected chi connectivity index (χ0v) is 9.42. The van der Waals surface area contributed by atoms with Crippen LogP contribution >= 0.6 is 0 Å². The van der Waals surface area contributed by atoms with Gasteiger partial charge in [0.25, 0.3) is 0 Å². The molecule has 82 valence electrons. The Balaban J connectivity index is 3.62. The summed E-state index contributed by atoms with van der Waals surface area (Å²) >= 11 is 0. The molecular weight excluding hydrogens is 176 g/mol. The molecule has 0 saturated heterocycles. The third-order valence-corrected chi connectivity index (χ3v) is 2.10. The lowest BCUT2D eigenvalue weighted by Gasteiger charge is -2.12. The van der Waals surface area contributed by atoms with Crippen molar-refractivity contribution in [1.29, 1.82) is 0 Å². The molecule has 0 bridgehead atoms. The van der Waals surface area contributed by atoms with Crippen molar-refractivity contribution in [2.45, 2.75) is 58.5 Å². The first-order valence-corrected chi connectivity index (χ1v) is 5.56. The van der Waals surface area contributed by atoms with Crippen LogP contribution in [0.25, 0.3) is 0 Å². The average molecular weight is 198 g/mol. The monoisotopic (exact) mass is 198 g/mol. The van der Waals surface area contributed by atoms with E-state index >= 15 is 0 Å². The maximum atomic E-state index is 11.3. The molecule has 0 rings (SSSR count). The third kappa shape index (κ3) is 6.70. The fraction of sp³-hybridized carbons (Fsp3) is 0.750. The van der Waals surface area contributed by atoms with E-state index in [1.807, 2.05) is 0 Å². The Hall–Kier alpha value is -0.790. The highest BCUT2D eigenvalue weighted by molar-refractivity contribution is 5.69. The van der Waals surface area contributed by atoms with E-state index in [2.05, 4.69) is 20.4 Å².